The molecule has 0 aliphatic heterocycles. The fourth-order valence-corrected chi connectivity index (χ4v) is 7.27. The summed E-state index contributed by atoms with van der Waals surface area (Å²) in [5, 5.41) is 30.8. The smallest absolute Gasteiger partial charge is 0.312 e. The van der Waals surface area contributed by atoms with Gasteiger partial charge in [-0.05, 0) is 80.5 Å². The molecule has 4 aliphatic rings. The Morgan fingerprint density at radius 3 is 2.52 bits per heavy atom. The normalized spacial score (nSPS) is 55.6. The van der Waals surface area contributed by atoms with E-state index in [2.05, 4.69) is 6.92 Å². The van der Waals surface area contributed by atoms with Gasteiger partial charge in [0.2, 0.25) is 0 Å². The van der Waals surface area contributed by atoms with Gasteiger partial charge in [0, 0.05) is 0 Å². The maximum Gasteiger partial charge on any atom is 0.312 e. The summed E-state index contributed by atoms with van der Waals surface area (Å²) in [7, 11) is 0. The Bertz CT molecular complexity index is 506. The van der Waals surface area contributed by atoms with Crippen molar-refractivity contribution in [2.24, 2.45) is 34.5 Å². The minimum absolute atomic E-state index is 0.151. The molecule has 0 radical (unpaired) electrons. The molecular formula is C19H30O4. The average molecular weight is 322 g/mol. The van der Waals surface area contributed by atoms with E-state index in [4.69, 9.17) is 0 Å². The van der Waals surface area contributed by atoms with Gasteiger partial charge < -0.3 is 15.3 Å². The van der Waals surface area contributed by atoms with Gasteiger partial charge in [0.1, 0.15) is 0 Å². The zero-order valence-corrected chi connectivity index (χ0v) is 14.1. The molecule has 0 amide bonds. The van der Waals surface area contributed by atoms with Crippen LogP contribution in [0.5, 0.6) is 0 Å². The molecule has 4 aliphatic carbocycles. The standard InChI is InChI=1S/C19H30O4/c1-18-8-6-12(20)9-11(18)4-5-13-14-3-2-7-19(14,17(22)23)16(21)10-15(13)18/h11-16,20-21H,2-10H2,1H3,(H,22,23)/t11?,12-,13+,14+,15+,16+,18+,19+/m1/s1. The third-order valence-corrected chi connectivity index (χ3v) is 8.47. The molecule has 0 bridgehead atoms. The monoisotopic (exact) mass is 322 g/mol. The molecule has 0 aromatic heterocycles. The molecule has 23 heavy (non-hydrogen) atoms. The average Bonchev–Trinajstić information content (AvgIpc) is 2.96. The molecule has 0 spiro atoms. The van der Waals surface area contributed by atoms with Crippen molar-refractivity contribution in [3.63, 3.8) is 0 Å². The molecule has 3 N–H and O–H groups in total. The minimum atomic E-state index is -0.876. The Labute approximate surface area is 138 Å². The van der Waals surface area contributed by atoms with E-state index >= 15 is 0 Å². The van der Waals surface area contributed by atoms with E-state index in [-0.39, 0.29) is 17.4 Å². The number of carboxylic acids is 1. The summed E-state index contributed by atoms with van der Waals surface area (Å²) < 4.78 is 0. The van der Waals surface area contributed by atoms with Crippen LogP contribution in [-0.4, -0.2) is 33.5 Å². The number of hydrogen-bond donors (Lipinski definition) is 3. The van der Waals surface area contributed by atoms with Crippen molar-refractivity contribution in [1.82, 2.24) is 0 Å². The molecular weight excluding hydrogens is 292 g/mol. The Morgan fingerprint density at radius 2 is 1.78 bits per heavy atom. The first kappa shape index (κ1) is 15.9. The highest BCUT2D eigenvalue weighted by Gasteiger charge is 2.65. The maximum atomic E-state index is 12.1. The lowest BCUT2D eigenvalue weighted by Crippen LogP contribution is -2.60. The summed E-state index contributed by atoms with van der Waals surface area (Å²) in [6.07, 6.45) is 7.34. The minimum Gasteiger partial charge on any atom is -0.481 e. The van der Waals surface area contributed by atoms with E-state index in [1.54, 1.807) is 0 Å². The lowest BCUT2D eigenvalue weighted by atomic mass is 9.44. The van der Waals surface area contributed by atoms with Crippen LogP contribution in [0, 0.1) is 34.5 Å². The first-order valence-electron chi connectivity index (χ1n) is 9.49. The van der Waals surface area contributed by atoms with Gasteiger partial charge in [-0.1, -0.05) is 13.3 Å². The Kier molecular flexibility index (Phi) is 3.59. The quantitative estimate of drug-likeness (QED) is 0.694. The highest BCUT2D eigenvalue weighted by molar-refractivity contribution is 5.76. The van der Waals surface area contributed by atoms with E-state index in [0.29, 0.717) is 30.6 Å². The van der Waals surface area contributed by atoms with Crippen molar-refractivity contribution >= 4 is 5.97 Å². The van der Waals surface area contributed by atoms with E-state index < -0.39 is 17.5 Å². The summed E-state index contributed by atoms with van der Waals surface area (Å²) in [6, 6.07) is 0. The number of aliphatic hydroxyl groups is 2. The second kappa shape index (κ2) is 5.19. The molecule has 0 saturated heterocycles. The van der Waals surface area contributed by atoms with Crippen molar-refractivity contribution in [2.75, 3.05) is 0 Å². The molecule has 0 heterocycles. The number of aliphatic hydroxyl groups excluding tert-OH is 2. The van der Waals surface area contributed by atoms with Crippen molar-refractivity contribution in [3.05, 3.63) is 0 Å². The molecule has 1 unspecified atom stereocenters. The SMILES string of the molecule is C[C@]12CC[C@@H](O)CC1CC[C@H]1[C@@H]3CCC[C@@]3(C(=O)O)[C@@H](O)C[C@@H]12. The van der Waals surface area contributed by atoms with Crippen LogP contribution in [-0.2, 0) is 4.79 Å². The molecule has 8 atom stereocenters. The first-order valence-corrected chi connectivity index (χ1v) is 9.49. The molecule has 4 saturated carbocycles. The van der Waals surface area contributed by atoms with Crippen LogP contribution >= 0.6 is 0 Å². The number of rotatable bonds is 1. The fraction of sp³-hybridized carbons (Fsp3) is 0.947. The van der Waals surface area contributed by atoms with Crippen molar-refractivity contribution in [3.8, 4) is 0 Å². The van der Waals surface area contributed by atoms with Gasteiger partial charge >= 0.3 is 5.97 Å². The predicted molar refractivity (Wildman–Crippen MR) is 85.7 cm³/mol. The zero-order chi connectivity index (χ0) is 16.4. The van der Waals surface area contributed by atoms with Gasteiger partial charge in [0.15, 0.2) is 0 Å². The molecule has 0 aromatic rings. The molecule has 4 fully saturated rings. The van der Waals surface area contributed by atoms with E-state index in [1.165, 1.54) is 0 Å². The van der Waals surface area contributed by atoms with E-state index in [1.807, 2.05) is 0 Å². The largest absolute Gasteiger partial charge is 0.481 e. The van der Waals surface area contributed by atoms with Gasteiger partial charge in [0.05, 0.1) is 17.6 Å². The van der Waals surface area contributed by atoms with Gasteiger partial charge in [0.25, 0.3) is 0 Å². The van der Waals surface area contributed by atoms with Crippen molar-refractivity contribution in [2.45, 2.75) is 76.9 Å². The highest BCUT2D eigenvalue weighted by Crippen LogP contribution is 2.66. The van der Waals surface area contributed by atoms with Crippen LogP contribution in [0.4, 0.5) is 0 Å². The summed E-state index contributed by atoms with van der Waals surface area (Å²) >= 11 is 0. The lowest BCUT2D eigenvalue weighted by molar-refractivity contribution is -0.190. The summed E-state index contributed by atoms with van der Waals surface area (Å²) in [6.45, 7) is 2.36. The van der Waals surface area contributed by atoms with Gasteiger partial charge in [-0.3, -0.25) is 4.79 Å². The number of aliphatic carboxylic acids is 1. The molecule has 130 valence electrons. The van der Waals surface area contributed by atoms with Gasteiger partial charge in [-0.25, -0.2) is 0 Å². The number of carbonyl (C=O) groups is 1. The van der Waals surface area contributed by atoms with E-state index in [0.717, 1.165) is 44.9 Å². The van der Waals surface area contributed by atoms with Crippen LogP contribution in [0.2, 0.25) is 0 Å². The van der Waals surface area contributed by atoms with Crippen LogP contribution < -0.4 is 0 Å². The van der Waals surface area contributed by atoms with Crippen molar-refractivity contribution < 1.29 is 20.1 Å². The number of fused-ring (bicyclic) bond motifs is 5. The van der Waals surface area contributed by atoms with Crippen LogP contribution in [0.1, 0.15) is 64.7 Å². The van der Waals surface area contributed by atoms with Gasteiger partial charge in [-0.15, -0.1) is 0 Å². The van der Waals surface area contributed by atoms with E-state index in [9.17, 15) is 20.1 Å². The Hall–Kier alpha value is -0.610. The van der Waals surface area contributed by atoms with Gasteiger partial charge in [-0.2, -0.15) is 0 Å². The lowest BCUT2D eigenvalue weighted by Gasteiger charge is -2.61. The first-order chi connectivity index (χ1) is 10.9. The third-order valence-electron chi connectivity index (χ3n) is 8.47. The zero-order valence-electron chi connectivity index (χ0n) is 14.1. The van der Waals surface area contributed by atoms with Crippen molar-refractivity contribution in [1.29, 1.82) is 0 Å². The number of hydrogen-bond acceptors (Lipinski definition) is 3. The van der Waals surface area contributed by atoms with Crippen LogP contribution in [0.25, 0.3) is 0 Å². The second-order valence-corrected chi connectivity index (χ2v) is 9.07. The summed E-state index contributed by atoms with van der Waals surface area (Å²) in [5.74, 6) is 0.807. The molecule has 4 heteroatoms. The number of carboxylic acid groups (broad SMARTS) is 1. The maximum absolute atomic E-state index is 12.1. The summed E-state index contributed by atoms with van der Waals surface area (Å²) in [5.41, 5.74) is -0.699. The highest BCUT2D eigenvalue weighted by atomic mass is 16.4. The molecule has 4 nitrogen and oxygen atoms in total. The Morgan fingerprint density at radius 1 is 1.00 bits per heavy atom. The molecule has 0 aromatic carbocycles. The fourth-order valence-electron chi connectivity index (χ4n) is 7.27. The third kappa shape index (κ3) is 2.00. The summed E-state index contributed by atoms with van der Waals surface area (Å²) in [4.78, 5) is 12.1. The topological polar surface area (TPSA) is 77.8 Å². The predicted octanol–water partition coefficient (Wildman–Crippen LogP) is 2.82. The Balaban J connectivity index is 1.69. The second-order valence-electron chi connectivity index (χ2n) is 9.07. The molecule has 4 rings (SSSR count). The van der Waals surface area contributed by atoms with Crippen LogP contribution in [0.15, 0.2) is 0 Å². The van der Waals surface area contributed by atoms with Crippen LogP contribution in [0.3, 0.4) is 0 Å².